The largest absolute Gasteiger partial charge is 0.330 e. The van der Waals surface area contributed by atoms with Crippen molar-refractivity contribution in [3.8, 4) is 0 Å². The molecule has 1 saturated heterocycles. The molecule has 0 bridgehead atoms. The molecule has 3 heteroatoms. The van der Waals surface area contributed by atoms with Gasteiger partial charge in [0.15, 0.2) is 0 Å². The Labute approximate surface area is 93.6 Å². The van der Waals surface area contributed by atoms with Crippen molar-refractivity contribution in [1.29, 1.82) is 0 Å². The average molecular weight is 211 g/mol. The molecule has 15 heavy (non-hydrogen) atoms. The molecule has 0 spiro atoms. The number of hydrogen-bond acceptors (Lipinski definition) is 3. The maximum Gasteiger partial charge on any atom is 0.0195 e. The summed E-state index contributed by atoms with van der Waals surface area (Å²) >= 11 is 0. The van der Waals surface area contributed by atoms with E-state index >= 15 is 0 Å². The van der Waals surface area contributed by atoms with E-state index in [1.54, 1.807) is 0 Å². The van der Waals surface area contributed by atoms with E-state index in [0.717, 1.165) is 12.6 Å². The lowest BCUT2D eigenvalue weighted by molar-refractivity contribution is 0.0689. The molecule has 0 aromatic carbocycles. The first-order valence-corrected chi connectivity index (χ1v) is 6.39. The van der Waals surface area contributed by atoms with Gasteiger partial charge in [-0.25, -0.2) is 0 Å². The first kappa shape index (κ1) is 11.4. The van der Waals surface area contributed by atoms with Gasteiger partial charge >= 0.3 is 0 Å². The van der Waals surface area contributed by atoms with E-state index in [1.165, 1.54) is 39.0 Å². The minimum absolute atomic E-state index is 0.639. The van der Waals surface area contributed by atoms with Crippen molar-refractivity contribution in [2.75, 3.05) is 32.7 Å². The van der Waals surface area contributed by atoms with Crippen LogP contribution in [0, 0.1) is 5.92 Å². The molecule has 2 atom stereocenters. The second kappa shape index (κ2) is 4.81. The zero-order chi connectivity index (χ0) is 10.8. The van der Waals surface area contributed by atoms with E-state index in [-0.39, 0.29) is 0 Å². The molecule has 3 nitrogen and oxygen atoms in total. The minimum atomic E-state index is 0.639. The van der Waals surface area contributed by atoms with E-state index in [2.05, 4.69) is 23.6 Å². The predicted octanol–water partition coefficient (Wildman–Crippen LogP) is 0.750. The summed E-state index contributed by atoms with van der Waals surface area (Å²) in [7, 11) is 0. The Morgan fingerprint density at radius 2 is 2.07 bits per heavy atom. The van der Waals surface area contributed by atoms with Crippen LogP contribution in [0.1, 0.15) is 26.7 Å². The number of hydrogen-bond donors (Lipinski definition) is 1. The summed E-state index contributed by atoms with van der Waals surface area (Å²) in [5, 5.41) is 0. The molecule has 2 fully saturated rings. The highest BCUT2D eigenvalue weighted by Crippen LogP contribution is 2.28. The van der Waals surface area contributed by atoms with Crippen molar-refractivity contribution < 1.29 is 0 Å². The fourth-order valence-corrected chi connectivity index (χ4v) is 2.54. The van der Waals surface area contributed by atoms with Crippen molar-refractivity contribution in [3.05, 3.63) is 0 Å². The van der Waals surface area contributed by atoms with Gasteiger partial charge in [-0.05, 0) is 32.2 Å². The molecular weight excluding hydrogens is 186 g/mol. The van der Waals surface area contributed by atoms with Gasteiger partial charge in [0.2, 0.25) is 0 Å². The van der Waals surface area contributed by atoms with Gasteiger partial charge in [-0.15, -0.1) is 0 Å². The molecular formula is C12H25N3. The summed E-state index contributed by atoms with van der Waals surface area (Å²) < 4.78 is 0. The second-order valence-corrected chi connectivity index (χ2v) is 5.41. The molecule has 0 amide bonds. The van der Waals surface area contributed by atoms with Gasteiger partial charge in [0.05, 0.1) is 0 Å². The number of nitrogens with zero attached hydrogens (tertiary/aromatic N) is 2. The average Bonchev–Trinajstić information content (AvgIpc) is 3.04. The summed E-state index contributed by atoms with van der Waals surface area (Å²) in [6, 6.07) is 1.65. The molecule has 1 heterocycles. The van der Waals surface area contributed by atoms with E-state index in [1.807, 2.05) is 0 Å². The van der Waals surface area contributed by atoms with Crippen LogP contribution in [0.15, 0.2) is 0 Å². The maximum absolute atomic E-state index is 5.68. The van der Waals surface area contributed by atoms with Crippen molar-refractivity contribution in [3.63, 3.8) is 0 Å². The number of piperazine rings is 1. The van der Waals surface area contributed by atoms with Gasteiger partial charge in [0.25, 0.3) is 0 Å². The Bertz CT molecular complexity index is 203. The molecule has 2 N–H and O–H groups in total. The summed E-state index contributed by atoms with van der Waals surface area (Å²) in [6.07, 6.45) is 2.87. The van der Waals surface area contributed by atoms with Crippen molar-refractivity contribution in [2.24, 2.45) is 11.7 Å². The third kappa shape index (κ3) is 2.92. The highest BCUT2D eigenvalue weighted by atomic mass is 15.3. The fourth-order valence-electron chi connectivity index (χ4n) is 2.54. The SMILES string of the molecule is CC(CN)CN1CCN(C2CC2)CC1C. The van der Waals surface area contributed by atoms with Crippen LogP contribution < -0.4 is 5.73 Å². The minimum Gasteiger partial charge on any atom is -0.330 e. The molecule has 1 aliphatic carbocycles. The smallest absolute Gasteiger partial charge is 0.0195 e. The molecule has 0 radical (unpaired) electrons. The third-order valence-corrected chi connectivity index (χ3v) is 3.81. The first-order chi connectivity index (χ1) is 7.20. The second-order valence-electron chi connectivity index (χ2n) is 5.41. The fraction of sp³-hybridized carbons (Fsp3) is 1.00. The van der Waals surface area contributed by atoms with Gasteiger partial charge < -0.3 is 5.73 Å². The van der Waals surface area contributed by atoms with E-state index in [0.29, 0.717) is 12.0 Å². The molecule has 2 unspecified atom stereocenters. The molecule has 0 aromatic rings. The quantitative estimate of drug-likeness (QED) is 0.745. The van der Waals surface area contributed by atoms with E-state index in [9.17, 15) is 0 Å². The van der Waals surface area contributed by atoms with E-state index in [4.69, 9.17) is 5.73 Å². The van der Waals surface area contributed by atoms with Crippen LogP contribution in [0.5, 0.6) is 0 Å². The van der Waals surface area contributed by atoms with Crippen LogP contribution in [-0.2, 0) is 0 Å². The highest BCUT2D eigenvalue weighted by Gasteiger charge is 2.33. The zero-order valence-electron chi connectivity index (χ0n) is 10.2. The van der Waals surface area contributed by atoms with Gasteiger partial charge in [0.1, 0.15) is 0 Å². The van der Waals surface area contributed by atoms with Crippen LogP contribution in [-0.4, -0.2) is 54.6 Å². The lowest BCUT2D eigenvalue weighted by atomic mass is 10.1. The van der Waals surface area contributed by atoms with Crippen LogP contribution in [0.3, 0.4) is 0 Å². The number of rotatable bonds is 4. The highest BCUT2D eigenvalue weighted by molar-refractivity contribution is 4.90. The predicted molar refractivity (Wildman–Crippen MR) is 63.8 cm³/mol. The summed E-state index contributed by atoms with van der Waals surface area (Å²) in [6.45, 7) is 10.4. The summed E-state index contributed by atoms with van der Waals surface area (Å²) in [4.78, 5) is 5.28. The van der Waals surface area contributed by atoms with Gasteiger partial charge in [-0.1, -0.05) is 6.92 Å². The Morgan fingerprint density at radius 3 is 2.60 bits per heavy atom. The normalized spacial score (nSPS) is 31.8. The Morgan fingerprint density at radius 1 is 1.33 bits per heavy atom. The zero-order valence-corrected chi connectivity index (χ0v) is 10.2. The molecule has 2 aliphatic rings. The van der Waals surface area contributed by atoms with Crippen molar-refractivity contribution in [1.82, 2.24) is 9.80 Å². The lowest BCUT2D eigenvalue weighted by Gasteiger charge is -2.41. The number of nitrogens with two attached hydrogens (primary N) is 1. The Kier molecular flexibility index (Phi) is 3.65. The van der Waals surface area contributed by atoms with Crippen molar-refractivity contribution in [2.45, 2.75) is 38.8 Å². The first-order valence-electron chi connectivity index (χ1n) is 6.39. The molecule has 0 aromatic heterocycles. The Balaban J connectivity index is 1.78. The Hall–Kier alpha value is -0.120. The summed E-state index contributed by atoms with van der Waals surface area (Å²) in [5.74, 6) is 0.639. The lowest BCUT2D eigenvalue weighted by Crippen LogP contribution is -2.53. The molecule has 88 valence electrons. The van der Waals surface area contributed by atoms with Crippen LogP contribution in [0.2, 0.25) is 0 Å². The standard InChI is InChI=1S/C12H25N3/c1-10(7-13)8-14-5-6-15(9-11(14)2)12-3-4-12/h10-12H,3-9,13H2,1-2H3. The van der Waals surface area contributed by atoms with Crippen molar-refractivity contribution >= 4 is 0 Å². The van der Waals surface area contributed by atoms with Gasteiger partial charge in [0, 0.05) is 38.3 Å². The molecule has 1 saturated carbocycles. The topological polar surface area (TPSA) is 32.5 Å². The molecule has 2 rings (SSSR count). The van der Waals surface area contributed by atoms with Gasteiger partial charge in [-0.3, -0.25) is 9.80 Å². The van der Waals surface area contributed by atoms with Crippen LogP contribution >= 0.6 is 0 Å². The third-order valence-electron chi connectivity index (χ3n) is 3.81. The summed E-state index contributed by atoms with van der Waals surface area (Å²) in [5.41, 5.74) is 5.68. The monoisotopic (exact) mass is 211 g/mol. The van der Waals surface area contributed by atoms with E-state index < -0.39 is 0 Å². The molecule has 1 aliphatic heterocycles. The van der Waals surface area contributed by atoms with Crippen LogP contribution in [0.25, 0.3) is 0 Å². The van der Waals surface area contributed by atoms with Gasteiger partial charge in [-0.2, -0.15) is 0 Å². The maximum atomic E-state index is 5.68. The van der Waals surface area contributed by atoms with Crippen LogP contribution in [0.4, 0.5) is 0 Å².